The van der Waals surface area contributed by atoms with Crippen LogP contribution in [0.3, 0.4) is 0 Å². The first kappa shape index (κ1) is 13.7. The van der Waals surface area contributed by atoms with Gasteiger partial charge in [-0.2, -0.15) is 5.10 Å². The van der Waals surface area contributed by atoms with Gasteiger partial charge in [0, 0.05) is 29.5 Å². The maximum Gasteiger partial charge on any atom is 0.247 e. The van der Waals surface area contributed by atoms with E-state index < -0.39 is 6.04 Å². The topological polar surface area (TPSA) is 85.8 Å². The lowest BCUT2D eigenvalue weighted by atomic mass is 10.1. The van der Waals surface area contributed by atoms with Crippen molar-refractivity contribution in [2.75, 3.05) is 5.32 Å². The standard InChI is InChI=1S/C12H14BrN5O/c1-7-3-9(13)5-15-11(7)17-12(19)10(14)8-4-16-18(2)6-8/h3-6,10H,14H2,1-2H3,(H,15,17,19). The quantitative estimate of drug-likeness (QED) is 0.896. The van der Waals surface area contributed by atoms with Gasteiger partial charge in [-0.1, -0.05) is 0 Å². The Hall–Kier alpha value is -1.73. The first-order chi connectivity index (χ1) is 8.97. The largest absolute Gasteiger partial charge is 0.316 e. The Labute approximate surface area is 119 Å². The Morgan fingerprint density at radius 2 is 2.26 bits per heavy atom. The van der Waals surface area contributed by atoms with Crippen molar-refractivity contribution in [2.45, 2.75) is 13.0 Å². The summed E-state index contributed by atoms with van der Waals surface area (Å²) in [6, 6.07) is 1.11. The molecule has 0 radical (unpaired) electrons. The fraction of sp³-hybridized carbons (Fsp3) is 0.250. The molecule has 0 saturated carbocycles. The molecule has 100 valence electrons. The zero-order chi connectivity index (χ0) is 14.0. The summed E-state index contributed by atoms with van der Waals surface area (Å²) in [7, 11) is 1.77. The maximum absolute atomic E-state index is 12.0. The molecule has 2 aromatic rings. The molecule has 0 aliphatic rings. The summed E-state index contributed by atoms with van der Waals surface area (Å²) in [6.45, 7) is 1.86. The second kappa shape index (κ2) is 5.50. The molecule has 0 aliphatic carbocycles. The van der Waals surface area contributed by atoms with Crippen LogP contribution >= 0.6 is 15.9 Å². The monoisotopic (exact) mass is 323 g/mol. The van der Waals surface area contributed by atoms with Gasteiger partial charge in [0.1, 0.15) is 11.9 Å². The summed E-state index contributed by atoms with van der Waals surface area (Å²) in [6.07, 6.45) is 4.91. The number of rotatable bonds is 3. The van der Waals surface area contributed by atoms with E-state index >= 15 is 0 Å². The number of amides is 1. The molecule has 1 amide bonds. The van der Waals surface area contributed by atoms with Crippen LogP contribution in [0.25, 0.3) is 0 Å². The number of hydrogen-bond donors (Lipinski definition) is 2. The molecule has 0 bridgehead atoms. The van der Waals surface area contributed by atoms with Gasteiger partial charge in [-0.15, -0.1) is 0 Å². The SMILES string of the molecule is Cc1cc(Br)cnc1NC(=O)C(N)c1cnn(C)c1. The van der Waals surface area contributed by atoms with Crippen molar-refractivity contribution in [1.29, 1.82) is 0 Å². The highest BCUT2D eigenvalue weighted by Crippen LogP contribution is 2.18. The van der Waals surface area contributed by atoms with E-state index in [0.29, 0.717) is 11.4 Å². The number of anilines is 1. The summed E-state index contributed by atoms with van der Waals surface area (Å²) in [5.41, 5.74) is 7.40. The Balaban J connectivity index is 2.12. The number of nitrogens with one attached hydrogen (secondary N) is 1. The average Bonchev–Trinajstić information content (AvgIpc) is 2.78. The molecule has 0 aliphatic heterocycles. The van der Waals surface area contributed by atoms with Gasteiger partial charge in [0.15, 0.2) is 0 Å². The molecule has 7 heteroatoms. The van der Waals surface area contributed by atoms with Crippen LogP contribution in [0.1, 0.15) is 17.2 Å². The molecule has 19 heavy (non-hydrogen) atoms. The van der Waals surface area contributed by atoms with E-state index in [1.165, 1.54) is 0 Å². The molecule has 0 spiro atoms. The highest BCUT2D eigenvalue weighted by atomic mass is 79.9. The molecule has 0 aromatic carbocycles. The number of aryl methyl sites for hydroxylation is 2. The summed E-state index contributed by atoms with van der Waals surface area (Å²) in [4.78, 5) is 16.2. The molecule has 3 N–H and O–H groups in total. The second-order valence-electron chi connectivity index (χ2n) is 4.23. The number of hydrogen-bond acceptors (Lipinski definition) is 4. The molecule has 1 atom stereocenters. The van der Waals surface area contributed by atoms with Gasteiger partial charge in [-0.3, -0.25) is 9.48 Å². The number of nitrogens with two attached hydrogens (primary N) is 1. The van der Waals surface area contributed by atoms with Crippen molar-refractivity contribution in [3.63, 3.8) is 0 Å². The minimum absolute atomic E-state index is 0.314. The Kier molecular flexibility index (Phi) is 3.96. The summed E-state index contributed by atoms with van der Waals surface area (Å²) >= 11 is 3.32. The smallest absolute Gasteiger partial charge is 0.247 e. The first-order valence-corrected chi connectivity index (χ1v) is 6.44. The minimum atomic E-state index is -0.765. The van der Waals surface area contributed by atoms with E-state index in [4.69, 9.17) is 5.73 Å². The van der Waals surface area contributed by atoms with Gasteiger partial charge < -0.3 is 11.1 Å². The zero-order valence-corrected chi connectivity index (χ0v) is 12.2. The van der Waals surface area contributed by atoms with Crippen LogP contribution < -0.4 is 11.1 Å². The third kappa shape index (κ3) is 3.18. The molecule has 0 saturated heterocycles. The Morgan fingerprint density at radius 1 is 1.53 bits per heavy atom. The summed E-state index contributed by atoms with van der Waals surface area (Å²) < 4.78 is 2.46. The Morgan fingerprint density at radius 3 is 2.84 bits per heavy atom. The lowest BCUT2D eigenvalue weighted by Crippen LogP contribution is -2.28. The van der Waals surface area contributed by atoms with Crippen molar-refractivity contribution < 1.29 is 4.79 Å². The predicted octanol–water partition coefficient (Wildman–Crippen LogP) is 1.52. The summed E-state index contributed by atoms with van der Waals surface area (Å²) in [5.74, 6) is 0.193. The van der Waals surface area contributed by atoms with Crippen molar-refractivity contribution in [3.8, 4) is 0 Å². The number of nitrogens with zero attached hydrogens (tertiary/aromatic N) is 3. The molecule has 2 rings (SSSR count). The van der Waals surface area contributed by atoms with E-state index in [9.17, 15) is 4.79 Å². The molecule has 0 fully saturated rings. The highest BCUT2D eigenvalue weighted by molar-refractivity contribution is 9.10. The first-order valence-electron chi connectivity index (χ1n) is 5.64. The van der Waals surface area contributed by atoms with E-state index in [0.717, 1.165) is 10.0 Å². The number of carbonyl (C=O) groups excluding carboxylic acids is 1. The van der Waals surface area contributed by atoms with Gasteiger partial charge in [-0.25, -0.2) is 4.98 Å². The van der Waals surface area contributed by atoms with Gasteiger partial charge in [0.2, 0.25) is 5.91 Å². The van der Waals surface area contributed by atoms with Crippen LogP contribution in [0.2, 0.25) is 0 Å². The maximum atomic E-state index is 12.0. The zero-order valence-electron chi connectivity index (χ0n) is 10.6. The van der Waals surface area contributed by atoms with Crippen LogP contribution in [0, 0.1) is 6.92 Å². The molecule has 6 nitrogen and oxygen atoms in total. The van der Waals surface area contributed by atoms with Crippen molar-refractivity contribution in [1.82, 2.24) is 14.8 Å². The van der Waals surface area contributed by atoms with E-state index in [1.54, 1.807) is 30.3 Å². The molecule has 2 heterocycles. The van der Waals surface area contributed by atoms with Crippen LogP contribution in [0.15, 0.2) is 29.1 Å². The van der Waals surface area contributed by atoms with Crippen LogP contribution in [-0.4, -0.2) is 20.7 Å². The molecule has 2 aromatic heterocycles. The number of aromatic nitrogens is 3. The minimum Gasteiger partial charge on any atom is -0.316 e. The van der Waals surface area contributed by atoms with Gasteiger partial charge in [-0.05, 0) is 34.5 Å². The van der Waals surface area contributed by atoms with E-state index in [1.807, 2.05) is 13.0 Å². The lowest BCUT2D eigenvalue weighted by Gasteiger charge is -2.11. The van der Waals surface area contributed by atoms with Crippen LogP contribution in [-0.2, 0) is 11.8 Å². The number of pyridine rings is 1. The molecular weight excluding hydrogens is 310 g/mol. The van der Waals surface area contributed by atoms with Gasteiger partial charge in [0.25, 0.3) is 0 Å². The van der Waals surface area contributed by atoms with E-state index in [2.05, 4.69) is 31.3 Å². The Bertz CT molecular complexity index is 610. The van der Waals surface area contributed by atoms with Crippen molar-refractivity contribution in [2.24, 2.45) is 12.8 Å². The van der Waals surface area contributed by atoms with Crippen molar-refractivity contribution >= 4 is 27.7 Å². The van der Waals surface area contributed by atoms with Crippen molar-refractivity contribution in [3.05, 3.63) is 40.3 Å². The summed E-state index contributed by atoms with van der Waals surface area (Å²) in [5, 5.41) is 6.70. The predicted molar refractivity (Wildman–Crippen MR) is 75.4 cm³/mol. The third-order valence-electron chi connectivity index (χ3n) is 2.65. The average molecular weight is 324 g/mol. The van der Waals surface area contributed by atoms with Crippen LogP contribution in [0.4, 0.5) is 5.82 Å². The fourth-order valence-corrected chi connectivity index (χ4v) is 2.06. The lowest BCUT2D eigenvalue weighted by molar-refractivity contribution is -0.117. The van der Waals surface area contributed by atoms with E-state index in [-0.39, 0.29) is 5.91 Å². The second-order valence-corrected chi connectivity index (χ2v) is 5.15. The number of halogens is 1. The third-order valence-corrected chi connectivity index (χ3v) is 3.09. The highest BCUT2D eigenvalue weighted by Gasteiger charge is 2.18. The normalized spacial score (nSPS) is 12.2. The van der Waals surface area contributed by atoms with Gasteiger partial charge >= 0.3 is 0 Å². The number of carbonyl (C=O) groups is 1. The van der Waals surface area contributed by atoms with Crippen LogP contribution in [0.5, 0.6) is 0 Å². The molecular formula is C12H14BrN5O. The van der Waals surface area contributed by atoms with Gasteiger partial charge in [0.05, 0.1) is 6.20 Å². The molecule has 1 unspecified atom stereocenters. The fourth-order valence-electron chi connectivity index (χ4n) is 1.62.